The van der Waals surface area contributed by atoms with Crippen molar-refractivity contribution in [3.63, 3.8) is 0 Å². The number of hydrogen-bond acceptors (Lipinski definition) is 3. The Balaban J connectivity index is 1.80. The van der Waals surface area contributed by atoms with Gasteiger partial charge in [0.05, 0.1) is 10.8 Å². The van der Waals surface area contributed by atoms with Crippen LogP contribution in [0.5, 0.6) is 0 Å². The topological polar surface area (TPSA) is 54.3 Å². The molecule has 0 unspecified atom stereocenters. The number of amides is 2. The fourth-order valence-electron chi connectivity index (χ4n) is 5.11. The van der Waals surface area contributed by atoms with Crippen molar-refractivity contribution in [2.24, 2.45) is 13.0 Å². The molecule has 1 aliphatic heterocycles. The maximum Gasteiger partial charge on any atom is 0.247 e. The lowest BCUT2D eigenvalue weighted by molar-refractivity contribution is -0.142. The molecule has 2 amide bonds. The fraction of sp³-hybridized carbons (Fsp3) is 0.600. The number of fused-ring (bicyclic) bond motifs is 3. The van der Waals surface area contributed by atoms with E-state index in [2.05, 4.69) is 35.9 Å². The third-order valence-electron chi connectivity index (χ3n) is 6.75. The zero-order valence-corrected chi connectivity index (χ0v) is 19.8. The summed E-state index contributed by atoms with van der Waals surface area (Å²) >= 11 is 1.58. The van der Waals surface area contributed by atoms with Crippen molar-refractivity contribution in [1.82, 2.24) is 14.8 Å². The van der Waals surface area contributed by atoms with Crippen LogP contribution in [-0.2, 0) is 16.6 Å². The molecule has 0 spiro atoms. The first-order valence-electron chi connectivity index (χ1n) is 11.8. The van der Waals surface area contributed by atoms with Crippen LogP contribution in [0.4, 0.5) is 0 Å². The number of hydrogen-bond donors (Lipinski definition) is 1. The van der Waals surface area contributed by atoms with Gasteiger partial charge in [0.15, 0.2) is 0 Å². The Kier molecular flexibility index (Phi) is 6.95. The van der Waals surface area contributed by atoms with Gasteiger partial charge in [-0.05, 0) is 31.2 Å². The van der Waals surface area contributed by atoms with Gasteiger partial charge in [0.25, 0.3) is 0 Å². The van der Waals surface area contributed by atoms with E-state index in [-0.39, 0.29) is 17.9 Å². The van der Waals surface area contributed by atoms with Crippen molar-refractivity contribution in [2.45, 2.75) is 75.9 Å². The van der Waals surface area contributed by atoms with Crippen LogP contribution in [0.3, 0.4) is 0 Å². The Labute approximate surface area is 189 Å². The molecule has 1 atom stereocenters. The van der Waals surface area contributed by atoms with Gasteiger partial charge in [-0.1, -0.05) is 69.5 Å². The molecule has 6 heteroatoms. The minimum atomic E-state index is -0.557. The lowest BCUT2D eigenvalue weighted by Crippen LogP contribution is -2.49. The zero-order chi connectivity index (χ0) is 22.0. The number of nitrogens with zero attached hydrogens (tertiary/aromatic N) is 2. The molecule has 31 heavy (non-hydrogen) atoms. The van der Waals surface area contributed by atoms with E-state index in [4.69, 9.17) is 0 Å². The molecule has 0 bridgehead atoms. The van der Waals surface area contributed by atoms with Crippen molar-refractivity contribution in [1.29, 1.82) is 0 Å². The number of thioether (sulfide) groups is 1. The predicted octanol–water partition coefficient (Wildman–Crippen LogP) is 5.04. The van der Waals surface area contributed by atoms with E-state index in [9.17, 15) is 9.59 Å². The smallest absolute Gasteiger partial charge is 0.247 e. The van der Waals surface area contributed by atoms with Gasteiger partial charge in [0.2, 0.25) is 11.8 Å². The van der Waals surface area contributed by atoms with Gasteiger partial charge in [-0.2, -0.15) is 0 Å². The van der Waals surface area contributed by atoms with Crippen molar-refractivity contribution >= 4 is 34.5 Å². The molecule has 1 aliphatic carbocycles. The van der Waals surface area contributed by atoms with Crippen molar-refractivity contribution in [2.75, 3.05) is 12.3 Å². The highest BCUT2D eigenvalue weighted by Gasteiger charge is 2.41. The summed E-state index contributed by atoms with van der Waals surface area (Å²) in [5.41, 5.74) is 2.13. The maximum atomic E-state index is 13.7. The van der Waals surface area contributed by atoms with Gasteiger partial charge in [0.1, 0.15) is 6.04 Å². The quantitative estimate of drug-likeness (QED) is 0.662. The second kappa shape index (κ2) is 9.68. The lowest BCUT2D eigenvalue weighted by Gasteiger charge is -2.36. The van der Waals surface area contributed by atoms with E-state index >= 15 is 0 Å². The lowest BCUT2D eigenvalue weighted by atomic mass is 9.98. The van der Waals surface area contributed by atoms with E-state index < -0.39 is 6.04 Å². The number of carbonyl (C=O) groups is 2. The zero-order valence-electron chi connectivity index (χ0n) is 19.0. The first kappa shape index (κ1) is 22.3. The Morgan fingerprint density at radius 2 is 1.87 bits per heavy atom. The molecule has 2 heterocycles. The monoisotopic (exact) mass is 441 g/mol. The van der Waals surface area contributed by atoms with E-state index in [0.29, 0.717) is 18.2 Å². The van der Waals surface area contributed by atoms with Crippen molar-refractivity contribution in [3.8, 4) is 0 Å². The van der Waals surface area contributed by atoms with Crippen LogP contribution < -0.4 is 5.32 Å². The normalized spacial score (nSPS) is 20.6. The fourth-order valence-corrected chi connectivity index (χ4v) is 6.19. The number of rotatable bonds is 5. The van der Waals surface area contributed by atoms with E-state index in [1.165, 1.54) is 12.8 Å². The van der Waals surface area contributed by atoms with Crippen LogP contribution in [0.15, 0.2) is 29.3 Å². The molecule has 2 aliphatic rings. The SMILES string of the molecule is CC(C)CCNC(=O)[C@H]1c2c(n(C)c3ccccc23)SCC(=O)N1C1CCCCCC1. The van der Waals surface area contributed by atoms with Gasteiger partial charge in [-0.15, -0.1) is 0 Å². The largest absolute Gasteiger partial charge is 0.354 e. The number of para-hydroxylation sites is 1. The summed E-state index contributed by atoms with van der Waals surface area (Å²) in [5, 5.41) is 5.32. The van der Waals surface area contributed by atoms with Crippen molar-refractivity contribution in [3.05, 3.63) is 29.8 Å². The molecule has 1 aromatic carbocycles. The molecule has 0 saturated heterocycles. The standard InChI is InChI=1S/C25H35N3O2S/c1-17(2)14-15-26-24(30)23-22-19-12-8-9-13-20(19)27(3)25(22)31-16-21(29)28(23)18-10-6-4-5-7-11-18/h8-9,12-13,17-18,23H,4-7,10-11,14-16H2,1-3H3,(H,26,30)/t23-/m1/s1. The number of carbonyl (C=O) groups excluding carboxylic acids is 2. The molecule has 168 valence electrons. The van der Waals surface area contributed by atoms with Crippen molar-refractivity contribution < 1.29 is 9.59 Å². The molecule has 1 aromatic heterocycles. The minimum absolute atomic E-state index is 0.0293. The second-order valence-corrected chi connectivity index (χ2v) is 10.4. The summed E-state index contributed by atoms with van der Waals surface area (Å²) in [4.78, 5) is 29.1. The molecule has 5 nitrogen and oxygen atoms in total. The highest BCUT2D eigenvalue weighted by atomic mass is 32.2. The van der Waals surface area contributed by atoms with Gasteiger partial charge in [-0.3, -0.25) is 9.59 Å². The Bertz CT molecular complexity index is 944. The van der Waals surface area contributed by atoms with E-state index in [1.54, 1.807) is 11.8 Å². The molecule has 4 rings (SSSR count). The van der Waals surface area contributed by atoms with Crippen LogP contribution in [0.25, 0.3) is 10.9 Å². The van der Waals surface area contributed by atoms with Gasteiger partial charge < -0.3 is 14.8 Å². The van der Waals surface area contributed by atoms with Crippen LogP contribution in [0.2, 0.25) is 0 Å². The number of aromatic nitrogens is 1. The molecule has 1 fully saturated rings. The number of nitrogens with one attached hydrogen (secondary N) is 1. The Hall–Kier alpha value is -1.95. The third kappa shape index (κ3) is 4.50. The number of benzene rings is 1. The Morgan fingerprint density at radius 3 is 2.58 bits per heavy atom. The van der Waals surface area contributed by atoms with Crippen LogP contribution >= 0.6 is 11.8 Å². The molecular weight excluding hydrogens is 406 g/mol. The van der Waals surface area contributed by atoms with E-state index in [0.717, 1.165) is 53.6 Å². The summed E-state index contributed by atoms with van der Waals surface area (Å²) in [6.45, 7) is 4.98. The molecule has 0 radical (unpaired) electrons. The average molecular weight is 442 g/mol. The minimum Gasteiger partial charge on any atom is -0.354 e. The molecular formula is C25H35N3O2S. The summed E-state index contributed by atoms with van der Waals surface area (Å²) in [7, 11) is 2.05. The van der Waals surface area contributed by atoms with Crippen LogP contribution in [0, 0.1) is 5.92 Å². The van der Waals surface area contributed by atoms with Gasteiger partial charge >= 0.3 is 0 Å². The molecule has 1 saturated carbocycles. The summed E-state index contributed by atoms with van der Waals surface area (Å²) < 4.78 is 2.16. The van der Waals surface area contributed by atoms with E-state index in [1.807, 2.05) is 24.1 Å². The molecule has 2 aromatic rings. The summed E-state index contributed by atoms with van der Waals surface area (Å²) in [6, 6.07) is 7.86. The average Bonchev–Trinajstić information content (AvgIpc) is 2.95. The third-order valence-corrected chi connectivity index (χ3v) is 7.91. The summed E-state index contributed by atoms with van der Waals surface area (Å²) in [5.74, 6) is 0.987. The maximum absolute atomic E-state index is 13.7. The highest BCUT2D eigenvalue weighted by Crippen LogP contribution is 2.43. The molecule has 1 N–H and O–H groups in total. The first-order chi connectivity index (χ1) is 15.0. The van der Waals surface area contributed by atoms with Crippen LogP contribution in [-0.4, -0.2) is 39.6 Å². The second-order valence-electron chi connectivity index (χ2n) is 9.41. The van der Waals surface area contributed by atoms with Gasteiger partial charge in [0, 0.05) is 36.1 Å². The highest BCUT2D eigenvalue weighted by molar-refractivity contribution is 8.00. The number of aryl methyl sites for hydroxylation is 1. The van der Waals surface area contributed by atoms with Crippen LogP contribution in [0.1, 0.15) is 70.4 Å². The Morgan fingerprint density at radius 1 is 1.16 bits per heavy atom. The predicted molar refractivity (Wildman–Crippen MR) is 127 cm³/mol. The first-order valence-corrected chi connectivity index (χ1v) is 12.8. The summed E-state index contributed by atoms with van der Waals surface area (Å²) in [6.07, 6.45) is 7.62. The van der Waals surface area contributed by atoms with Gasteiger partial charge in [-0.25, -0.2) is 0 Å².